The fraction of sp³-hybridized carbons (Fsp3) is 0.667. The highest BCUT2D eigenvalue weighted by atomic mass is 16.4. The first kappa shape index (κ1) is 15.5. The van der Waals surface area contributed by atoms with E-state index in [0.717, 1.165) is 31.4 Å². The van der Waals surface area contributed by atoms with Crippen molar-refractivity contribution in [1.82, 2.24) is 15.1 Å². The van der Waals surface area contributed by atoms with Crippen LogP contribution in [-0.4, -0.2) is 32.8 Å². The van der Waals surface area contributed by atoms with Crippen LogP contribution in [-0.2, 0) is 4.79 Å². The minimum atomic E-state index is -0.962. The fourth-order valence-electron chi connectivity index (χ4n) is 2.68. The van der Waals surface area contributed by atoms with E-state index in [1.807, 2.05) is 11.6 Å². The molecule has 1 unspecified atom stereocenters. The summed E-state index contributed by atoms with van der Waals surface area (Å²) >= 11 is 0. The van der Waals surface area contributed by atoms with E-state index >= 15 is 0 Å². The van der Waals surface area contributed by atoms with E-state index < -0.39 is 12.0 Å². The van der Waals surface area contributed by atoms with Gasteiger partial charge < -0.3 is 10.4 Å². The number of hydrogen-bond donors (Lipinski definition) is 2. The summed E-state index contributed by atoms with van der Waals surface area (Å²) in [6, 6.07) is -0.515. The number of nitrogens with zero attached hydrogens (tertiary/aromatic N) is 2. The molecule has 0 bridgehead atoms. The predicted octanol–water partition coefficient (Wildman–Crippen LogP) is 2.15. The molecule has 6 nitrogen and oxygen atoms in total. The molecular formula is C15H23N3O3. The zero-order valence-corrected chi connectivity index (χ0v) is 12.8. The van der Waals surface area contributed by atoms with E-state index in [1.54, 1.807) is 0 Å². The zero-order valence-electron chi connectivity index (χ0n) is 12.8. The molecule has 2 rings (SSSR count). The Kier molecular flexibility index (Phi) is 4.65. The Labute approximate surface area is 124 Å². The van der Waals surface area contributed by atoms with Crippen LogP contribution >= 0.6 is 0 Å². The fourth-order valence-corrected chi connectivity index (χ4v) is 2.68. The highest BCUT2D eigenvalue weighted by Crippen LogP contribution is 2.33. The molecule has 1 saturated carbocycles. The van der Waals surface area contributed by atoms with Crippen LogP contribution in [0.4, 0.5) is 0 Å². The lowest BCUT2D eigenvalue weighted by atomic mass is 10.1. The molecule has 0 aromatic carbocycles. The molecule has 1 heterocycles. The first-order valence-electron chi connectivity index (χ1n) is 7.57. The molecule has 0 radical (unpaired) electrons. The van der Waals surface area contributed by atoms with Crippen molar-refractivity contribution >= 4 is 11.9 Å². The maximum Gasteiger partial charge on any atom is 0.326 e. The third-order valence-electron chi connectivity index (χ3n) is 4.22. The highest BCUT2D eigenvalue weighted by molar-refractivity contribution is 5.97. The third kappa shape index (κ3) is 3.25. The molecule has 1 aromatic heterocycles. The van der Waals surface area contributed by atoms with Crippen LogP contribution in [0.2, 0.25) is 0 Å². The Morgan fingerprint density at radius 3 is 2.52 bits per heavy atom. The van der Waals surface area contributed by atoms with Crippen LogP contribution in [0, 0.1) is 12.8 Å². The van der Waals surface area contributed by atoms with E-state index in [0.29, 0.717) is 5.56 Å². The molecule has 6 heteroatoms. The number of hydrogen-bond acceptors (Lipinski definition) is 3. The van der Waals surface area contributed by atoms with Crippen molar-refractivity contribution in [2.45, 2.75) is 58.5 Å². The molecule has 1 atom stereocenters. The average molecular weight is 293 g/mol. The van der Waals surface area contributed by atoms with E-state index in [4.69, 9.17) is 0 Å². The lowest BCUT2D eigenvalue weighted by Crippen LogP contribution is -2.42. The molecule has 1 aliphatic rings. The molecule has 0 aliphatic heterocycles. The Morgan fingerprint density at radius 2 is 2.05 bits per heavy atom. The maximum absolute atomic E-state index is 12.3. The van der Waals surface area contributed by atoms with Gasteiger partial charge in [0, 0.05) is 5.69 Å². The molecule has 1 amide bonds. The molecule has 21 heavy (non-hydrogen) atoms. The summed E-state index contributed by atoms with van der Waals surface area (Å²) in [4.78, 5) is 23.5. The van der Waals surface area contributed by atoms with Crippen molar-refractivity contribution in [1.29, 1.82) is 0 Å². The molecule has 1 fully saturated rings. The van der Waals surface area contributed by atoms with Crippen molar-refractivity contribution in [3.63, 3.8) is 0 Å². The lowest BCUT2D eigenvalue weighted by molar-refractivity contribution is -0.139. The van der Waals surface area contributed by atoms with Crippen molar-refractivity contribution in [3.8, 4) is 0 Å². The Balaban J connectivity index is 2.14. The molecule has 0 spiro atoms. The number of aliphatic carboxylic acids is 1. The summed E-state index contributed by atoms with van der Waals surface area (Å²) in [6.07, 6.45) is 5.15. The van der Waals surface area contributed by atoms with Gasteiger partial charge >= 0.3 is 5.97 Å². The largest absolute Gasteiger partial charge is 0.480 e. The second-order valence-electron chi connectivity index (χ2n) is 5.69. The van der Waals surface area contributed by atoms with E-state index in [2.05, 4.69) is 24.3 Å². The highest BCUT2D eigenvalue weighted by Gasteiger charge is 2.37. The predicted molar refractivity (Wildman–Crippen MR) is 78.2 cm³/mol. The molecule has 1 aliphatic carbocycles. The minimum absolute atomic E-state index is 0.0702. The zero-order chi connectivity index (χ0) is 15.6. The third-order valence-corrected chi connectivity index (χ3v) is 4.22. The lowest BCUT2D eigenvalue weighted by Gasteiger charge is -2.16. The number of carbonyl (C=O) groups is 2. The first-order valence-corrected chi connectivity index (χ1v) is 7.57. The number of rotatable bonds is 7. The number of amides is 1. The van der Waals surface area contributed by atoms with Crippen LogP contribution in [0.25, 0.3) is 0 Å². The first-order chi connectivity index (χ1) is 9.99. The molecular weight excluding hydrogens is 270 g/mol. The van der Waals surface area contributed by atoms with Gasteiger partial charge in [0.05, 0.1) is 17.8 Å². The van der Waals surface area contributed by atoms with E-state index in [1.165, 1.54) is 6.20 Å². The summed E-state index contributed by atoms with van der Waals surface area (Å²) in [6.45, 7) is 6.03. The number of carboxylic acid groups (broad SMARTS) is 1. The number of aromatic nitrogens is 2. The van der Waals surface area contributed by atoms with Gasteiger partial charge in [0.2, 0.25) is 0 Å². The topological polar surface area (TPSA) is 84.2 Å². The number of carboxylic acids is 1. The number of carbonyl (C=O) groups excluding carboxylic acids is 1. The van der Waals surface area contributed by atoms with Gasteiger partial charge in [-0.3, -0.25) is 9.48 Å². The van der Waals surface area contributed by atoms with Gasteiger partial charge in [-0.1, -0.05) is 13.8 Å². The van der Waals surface area contributed by atoms with Gasteiger partial charge in [-0.2, -0.15) is 5.10 Å². The van der Waals surface area contributed by atoms with Crippen LogP contribution in [0.5, 0.6) is 0 Å². The van der Waals surface area contributed by atoms with E-state index in [9.17, 15) is 14.7 Å². The van der Waals surface area contributed by atoms with E-state index in [-0.39, 0.29) is 17.9 Å². The summed E-state index contributed by atoms with van der Waals surface area (Å²) in [5, 5.41) is 16.1. The summed E-state index contributed by atoms with van der Waals surface area (Å²) in [5.41, 5.74) is 1.26. The second kappa shape index (κ2) is 6.28. The Morgan fingerprint density at radius 1 is 1.43 bits per heavy atom. The molecule has 0 saturated heterocycles. The Hall–Kier alpha value is -1.85. The molecule has 116 valence electrons. The van der Waals surface area contributed by atoms with Gasteiger partial charge in [-0.05, 0) is 38.5 Å². The van der Waals surface area contributed by atoms with Crippen LogP contribution in [0.1, 0.15) is 61.6 Å². The van der Waals surface area contributed by atoms with Gasteiger partial charge in [-0.25, -0.2) is 4.79 Å². The molecule has 2 N–H and O–H groups in total. The van der Waals surface area contributed by atoms with Gasteiger partial charge in [-0.15, -0.1) is 0 Å². The smallest absolute Gasteiger partial charge is 0.326 e. The number of nitrogens with one attached hydrogen (secondary N) is 1. The SMILES string of the molecule is CCC(CC)n1ncc(C(=O)NC(C(=O)O)C2CC2)c1C. The molecule has 1 aromatic rings. The van der Waals surface area contributed by atoms with Crippen molar-refractivity contribution in [2.24, 2.45) is 5.92 Å². The van der Waals surface area contributed by atoms with Gasteiger partial charge in [0.25, 0.3) is 5.91 Å². The standard InChI is InChI=1S/C15H23N3O3/c1-4-11(5-2)18-9(3)12(8-16-18)14(19)17-13(15(20)21)10-6-7-10/h8,10-11,13H,4-7H2,1-3H3,(H,17,19)(H,20,21). The second-order valence-corrected chi connectivity index (χ2v) is 5.69. The van der Waals surface area contributed by atoms with Crippen LogP contribution in [0.15, 0.2) is 6.20 Å². The van der Waals surface area contributed by atoms with Gasteiger partial charge in [0.1, 0.15) is 6.04 Å². The minimum Gasteiger partial charge on any atom is -0.480 e. The van der Waals surface area contributed by atoms with Crippen molar-refractivity contribution < 1.29 is 14.7 Å². The summed E-state index contributed by atoms with van der Waals surface area (Å²) in [7, 11) is 0. The normalized spacial score (nSPS) is 16.0. The van der Waals surface area contributed by atoms with Crippen molar-refractivity contribution in [2.75, 3.05) is 0 Å². The van der Waals surface area contributed by atoms with Crippen molar-refractivity contribution in [3.05, 3.63) is 17.5 Å². The van der Waals surface area contributed by atoms with Crippen LogP contribution in [0.3, 0.4) is 0 Å². The van der Waals surface area contributed by atoms with Gasteiger partial charge in [0.15, 0.2) is 0 Å². The van der Waals surface area contributed by atoms with Crippen LogP contribution < -0.4 is 5.32 Å². The quantitative estimate of drug-likeness (QED) is 0.806. The maximum atomic E-state index is 12.3. The monoisotopic (exact) mass is 293 g/mol. The average Bonchev–Trinajstić information content (AvgIpc) is 3.21. The summed E-state index contributed by atoms with van der Waals surface area (Å²) in [5.74, 6) is -1.24. The summed E-state index contributed by atoms with van der Waals surface area (Å²) < 4.78 is 1.86. The Bertz CT molecular complexity index is 530.